The predicted octanol–water partition coefficient (Wildman–Crippen LogP) is 3.59. The molecule has 0 aliphatic rings. The van der Waals surface area contributed by atoms with E-state index in [1.807, 2.05) is 54.6 Å². The second-order valence-electron chi connectivity index (χ2n) is 6.34. The molecule has 1 atom stereocenters. The minimum atomic E-state index is -0.337. The van der Waals surface area contributed by atoms with E-state index < -0.39 is 0 Å². The fourth-order valence-corrected chi connectivity index (χ4v) is 3.01. The Labute approximate surface area is 169 Å². The quantitative estimate of drug-likeness (QED) is 0.619. The summed E-state index contributed by atoms with van der Waals surface area (Å²) in [6.45, 7) is -0.172. The summed E-state index contributed by atoms with van der Waals surface area (Å²) in [5, 5.41) is 9.00. The molecule has 0 aliphatic heterocycles. The fourth-order valence-electron chi connectivity index (χ4n) is 3.01. The molecule has 0 saturated carbocycles. The number of hydrogen-bond acceptors (Lipinski definition) is 5. The van der Waals surface area contributed by atoms with Gasteiger partial charge in [-0.2, -0.15) is 5.26 Å². The highest BCUT2D eigenvalue weighted by molar-refractivity contribution is 5.78. The Balaban J connectivity index is 1.79. The van der Waals surface area contributed by atoms with E-state index in [1.165, 1.54) is 7.11 Å². The van der Waals surface area contributed by atoms with Crippen LogP contribution in [-0.2, 0) is 4.79 Å². The van der Waals surface area contributed by atoms with Crippen molar-refractivity contribution in [1.82, 2.24) is 9.88 Å². The Morgan fingerprint density at radius 1 is 1.10 bits per heavy atom. The molecule has 1 heterocycles. The standard InChI is InChI=1S/C23H21N3O3/c1-26(22(27)16-29-20-12-11-17(15-24)14-21(20)28-2)23(18-8-4-3-5-9-18)19-10-6-7-13-25-19/h3-14,23H,16H2,1-2H3. The number of rotatable bonds is 7. The van der Waals surface area contributed by atoms with Crippen molar-refractivity contribution in [2.24, 2.45) is 0 Å². The number of nitriles is 1. The van der Waals surface area contributed by atoms with Crippen LogP contribution >= 0.6 is 0 Å². The molecular weight excluding hydrogens is 366 g/mol. The number of amides is 1. The highest BCUT2D eigenvalue weighted by Crippen LogP contribution is 2.29. The summed E-state index contributed by atoms with van der Waals surface area (Å²) < 4.78 is 10.9. The monoisotopic (exact) mass is 387 g/mol. The number of benzene rings is 2. The minimum Gasteiger partial charge on any atom is -0.493 e. The fraction of sp³-hybridized carbons (Fsp3) is 0.174. The van der Waals surface area contributed by atoms with Crippen LogP contribution in [0, 0.1) is 11.3 Å². The van der Waals surface area contributed by atoms with E-state index in [-0.39, 0.29) is 18.6 Å². The molecule has 6 nitrogen and oxygen atoms in total. The van der Waals surface area contributed by atoms with E-state index in [0.29, 0.717) is 17.1 Å². The summed E-state index contributed by atoms with van der Waals surface area (Å²) in [6.07, 6.45) is 1.71. The molecule has 2 aromatic carbocycles. The first-order valence-electron chi connectivity index (χ1n) is 9.06. The van der Waals surface area contributed by atoms with Crippen molar-refractivity contribution in [3.8, 4) is 17.6 Å². The number of ether oxygens (including phenoxy) is 2. The van der Waals surface area contributed by atoms with Gasteiger partial charge in [-0.1, -0.05) is 36.4 Å². The summed E-state index contributed by atoms with van der Waals surface area (Å²) in [6, 6.07) is 21.9. The normalized spacial score (nSPS) is 11.2. The van der Waals surface area contributed by atoms with Crippen molar-refractivity contribution in [2.45, 2.75) is 6.04 Å². The predicted molar refractivity (Wildman–Crippen MR) is 108 cm³/mol. The van der Waals surface area contributed by atoms with Crippen LogP contribution in [0.1, 0.15) is 22.9 Å². The zero-order valence-electron chi connectivity index (χ0n) is 16.3. The van der Waals surface area contributed by atoms with Crippen LogP contribution in [0.2, 0.25) is 0 Å². The molecule has 3 aromatic rings. The molecule has 0 aliphatic carbocycles. The van der Waals surface area contributed by atoms with E-state index in [0.717, 1.165) is 11.3 Å². The van der Waals surface area contributed by atoms with Gasteiger partial charge in [-0.15, -0.1) is 0 Å². The maximum atomic E-state index is 12.9. The molecule has 0 bridgehead atoms. The van der Waals surface area contributed by atoms with Crippen LogP contribution in [0.5, 0.6) is 11.5 Å². The lowest BCUT2D eigenvalue weighted by Gasteiger charge is -2.28. The van der Waals surface area contributed by atoms with Crippen molar-refractivity contribution in [3.63, 3.8) is 0 Å². The van der Waals surface area contributed by atoms with Crippen LogP contribution in [0.25, 0.3) is 0 Å². The number of likely N-dealkylation sites (N-methyl/N-ethyl adjacent to an activating group) is 1. The Morgan fingerprint density at radius 3 is 2.52 bits per heavy atom. The van der Waals surface area contributed by atoms with Gasteiger partial charge in [-0.3, -0.25) is 9.78 Å². The van der Waals surface area contributed by atoms with Crippen LogP contribution in [0.4, 0.5) is 0 Å². The summed E-state index contributed by atoms with van der Waals surface area (Å²) >= 11 is 0. The van der Waals surface area contributed by atoms with Gasteiger partial charge in [0.25, 0.3) is 5.91 Å². The maximum Gasteiger partial charge on any atom is 0.261 e. The molecule has 3 rings (SSSR count). The van der Waals surface area contributed by atoms with Gasteiger partial charge in [0.15, 0.2) is 18.1 Å². The summed E-state index contributed by atoms with van der Waals surface area (Å²) in [7, 11) is 3.22. The number of carbonyl (C=O) groups excluding carboxylic acids is 1. The maximum absolute atomic E-state index is 12.9. The first-order valence-corrected chi connectivity index (χ1v) is 9.06. The van der Waals surface area contributed by atoms with Gasteiger partial charge in [-0.25, -0.2) is 0 Å². The molecule has 0 spiro atoms. The Hall–Kier alpha value is -3.85. The van der Waals surface area contributed by atoms with Crippen molar-refractivity contribution >= 4 is 5.91 Å². The number of nitrogens with zero attached hydrogens (tertiary/aromatic N) is 3. The Kier molecular flexibility index (Phi) is 6.43. The number of pyridine rings is 1. The molecule has 1 aromatic heterocycles. The Morgan fingerprint density at radius 2 is 1.86 bits per heavy atom. The molecule has 29 heavy (non-hydrogen) atoms. The van der Waals surface area contributed by atoms with Crippen LogP contribution in [-0.4, -0.2) is 36.6 Å². The van der Waals surface area contributed by atoms with Crippen molar-refractivity contribution in [3.05, 3.63) is 89.7 Å². The molecule has 6 heteroatoms. The number of aromatic nitrogens is 1. The number of carbonyl (C=O) groups is 1. The number of hydrogen-bond donors (Lipinski definition) is 0. The van der Waals surface area contributed by atoms with Gasteiger partial charge in [0.05, 0.1) is 30.5 Å². The Bertz CT molecular complexity index is 961. The van der Waals surface area contributed by atoms with Gasteiger partial charge in [0, 0.05) is 19.3 Å². The number of methoxy groups -OCH3 is 1. The van der Waals surface area contributed by atoms with Crippen LogP contribution in [0.15, 0.2) is 72.9 Å². The van der Waals surface area contributed by atoms with Gasteiger partial charge in [0.2, 0.25) is 0 Å². The van der Waals surface area contributed by atoms with E-state index in [1.54, 1.807) is 36.3 Å². The summed E-state index contributed by atoms with van der Waals surface area (Å²) in [4.78, 5) is 19.0. The summed E-state index contributed by atoms with van der Waals surface area (Å²) in [5.74, 6) is 0.599. The van der Waals surface area contributed by atoms with Gasteiger partial charge >= 0.3 is 0 Å². The lowest BCUT2D eigenvalue weighted by molar-refractivity contribution is -0.133. The third-order valence-corrected chi connectivity index (χ3v) is 4.51. The molecule has 1 amide bonds. The topological polar surface area (TPSA) is 75.5 Å². The minimum absolute atomic E-state index is 0.172. The van der Waals surface area contributed by atoms with Crippen molar-refractivity contribution in [1.29, 1.82) is 5.26 Å². The first-order chi connectivity index (χ1) is 14.1. The van der Waals surface area contributed by atoms with E-state index in [9.17, 15) is 4.79 Å². The SMILES string of the molecule is COc1cc(C#N)ccc1OCC(=O)N(C)C(c1ccccc1)c1ccccn1. The van der Waals surface area contributed by atoms with Crippen molar-refractivity contribution < 1.29 is 14.3 Å². The molecule has 1 unspecified atom stereocenters. The van der Waals surface area contributed by atoms with Crippen LogP contribution < -0.4 is 9.47 Å². The zero-order chi connectivity index (χ0) is 20.6. The highest BCUT2D eigenvalue weighted by atomic mass is 16.5. The molecule has 146 valence electrons. The lowest BCUT2D eigenvalue weighted by Crippen LogP contribution is -2.35. The van der Waals surface area contributed by atoms with E-state index in [4.69, 9.17) is 14.7 Å². The van der Waals surface area contributed by atoms with E-state index >= 15 is 0 Å². The van der Waals surface area contributed by atoms with Crippen molar-refractivity contribution in [2.75, 3.05) is 20.8 Å². The first kappa shape index (κ1) is 19.9. The second kappa shape index (κ2) is 9.38. The second-order valence-corrected chi connectivity index (χ2v) is 6.34. The molecule has 0 fully saturated rings. The van der Waals surface area contributed by atoms with Gasteiger partial charge in [0.1, 0.15) is 0 Å². The van der Waals surface area contributed by atoms with Gasteiger partial charge < -0.3 is 14.4 Å². The third-order valence-electron chi connectivity index (χ3n) is 4.51. The van der Waals surface area contributed by atoms with Gasteiger partial charge in [-0.05, 0) is 29.8 Å². The summed E-state index contributed by atoms with van der Waals surface area (Å²) in [5.41, 5.74) is 2.18. The zero-order valence-corrected chi connectivity index (χ0v) is 16.3. The molecule has 0 saturated heterocycles. The highest BCUT2D eigenvalue weighted by Gasteiger charge is 2.25. The average Bonchev–Trinajstić information content (AvgIpc) is 2.78. The lowest BCUT2D eigenvalue weighted by atomic mass is 10.0. The smallest absolute Gasteiger partial charge is 0.261 e. The average molecular weight is 387 g/mol. The van der Waals surface area contributed by atoms with E-state index in [2.05, 4.69) is 4.98 Å². The third kappa shape index (κ3) is 4.71. The largest absolute Gasteiger partial charge is 0.493 e. The molecular formula is C23H21N3O3. The van der Waals surface area contributed by atoms with Crippen LogP contribution in [0.3, 0.4) is 0 Å². The molecule has 0 radical (unpaired) electrons. The molecule has 0 N–H and O–H groups in total.